The maximum Gasteiger partial charge on any atom is 0.328 e. The number of aliphatic carboxylic acids is 1. The van der Waals surface area contributed by atoms with E-state index in [1.165, 1.54) is 13.0 Å². The summed E-state index contributed by atoms with van der Waals surface area (Å²) in [5.74, 6) is -3.06. The number of rotatable bonds is 4. The first kappa shape index (κ1) is 15.2. The molecule has 0 fully saturated rings. The molecule has 0 amide bonds. The second-order valence-electron chi connectivity index (χ2n) is 3.71. The van der Waals surface area contributed by atoms with Gasteiger partial charge in [0.1, 0.15) is 17.2 Å². The van der Waals surface area contributed by atoms with Gasteiger partial charge in [0.05, 0.1) is 5.56 Å². The second kappa shape index (κ2) is 6.37. The number of ether oxygens (including phenoxy) is 2. The summed E-state index contributed by atoms with van der Waals surface area (Å²) >= 11 is 0. The Balaban J connectivity index is 3.29. The fourth-order valence-corrected chi connectivity index (χ4v) is 1.37. The number of carbonyl (C=O) groups is 3. The van der Waals surface area contributed by atoms with E-state index >= 15 is 0 Å². The van der Waals surface area contributed by atoms with Crippen LogP contribution in [-0.2, 0) is 14.4 Å². The molecule has 7 nitrogen and oxygen atoms in total. The van der Waals surface area contributed by atoms with Crippen LogP contribution in [0.3, 0.4) is 0 Å². The zero-order valence-corrected chi connectivity index (χ0v) is 10.7. The van der Waals surface area contributed by atoms with Gasteiger partial charge in [-0.1, -0.05) is 0 Å². The predicted octanol–water partition coefficient (Wildman–Crippen LogP) is 1.34. The van der Waals surface area contributed by atoms with E-state index in [4.69, 9.17) is 14.6 Å². The van der Waals surface area contributed by atoms with Gasteiger partial charge in [-0.2, -0.15) is 0 Å². The summed E-state index contributed by atoms with van der Waals surface area (Å²) in [5, 5.41) is 18.4. The van der Waals surface area contributed by atoms with E-state index in [1.807, 2.05) is 0 Å². The van der Waals surface area contributed by atoms with Crippen molar-refractivity contribution < 1.29 is 34.1 Å². The topological polar surface area (TPSA) is 110 Å². The van der Waals surface area contributed by atoms with Crippen molar-refractivity contribution >= 4 is 24.0 Å². The average Bonchev–Trinajstić information content (AvgIpc) is 2.25. The maximum absolute atomic E-state index is 11.0. The van der Waals surface area contributed by atoms with E-state index < -0.39 is 23.7 Å². The minimum Gasteiger partial charge on any atom is -0.507 e. The molecule has 0 bridgehead atoms. The van der Waals surface area contributed by atoms with E-state index in [-0.39, 0.29) is 17.1 Å². The van der Waals surface area contributed by atoms with Crippen LogP contribution in [0.5, 0.6) is 17.2 Å². The SMILES string of the molecule is CC(=O)Oc1cc(O)c(/C=C/C(=O)O)c(OC(C)=O)c1. The van der Waals surface area contributed by atoms with Crippen LogP contribution in [0, 0.1) is 0 Å². The third kappa shape index (κ3) is 4.45. The van der Waals surface area contributed by atoms with Crippen LogP contribution in [0.25, 0.3) is 6.08 Å². The van der Waals surface area contributed by atoms with Gasteiger partial charge in [-0.15, -0.1) is 0 Å². The number of carboxylic acids is 1. The summed E-state index contributed by atoms with van der Waals surface area (Å²) in [7, 11) is 0. The molecule has 1 aromatic rings. The Morgan fingerprint density at radius 2 is 1.70 bits per heavy atom. The maximum atomic E-state index is 11.0. The van der Waals surface area contributed by atoms with Gasteiger partial charge < -0.3 is 19.7 Å². The van der Waals surface area contributed by atoms with Gasteiger partial charge in [0.15, 0.2) is 0 Å². The highest BCUT2D eigenvalue weighted by atomic mass is 16.5. The first-order valence-corrected chi connectivity index (χ1v) is 5.44. The lowest BCUT2D eigenvalue weighted by molar-refractivity contribution is -0.132. The number of aromatic hydroxyl groups is 1. The highest BCUT2D eigenvalue weighted by Gasteiger charge is 2.13. The summed E-state index contributed by atoms with van der Waals surface area (Å²) in [6.07, 6.45) is 1.83. The number of hydrogen-bond acceptors (Lipinski definition) is 6. The van der Waals surface area contributed by atoms with Crippen LogP contribution in [0.15, 0.2) is 18.2 Å². The zero-order valence-electron chi connectivity index (χ0n) is 10.7. The third-order valence-corrected chi connectivity index (χ3v) is 2.00. The number of hydrogen-bond donors (Lipinski definition) is 2. The van der Waals surface area contributed by atoms with E-state index in [9.17, 15) is 19.5 Å². The molecule has 20 heavy (non-hydrogen) atoms. The molecule has 0 atom stereocenters. The minimum absolute atomic E-state index is 0.0153. The number of phenolic OH excluding ortho intramolecular Hbond substituents is 1. The smallest absolute Gasteiger partial charge is 0.328 e. The molecule has 0 unspecified atom stereocenters. The molecular formula is C13H12O7. The van der Waals surface area contributed by atoms with Crippen LogP contribution >= 0.6 is 0 Å². The monoisotopic (exact) mass is 280 g/mol. The molecular weight excluding hydrogens is 268 g/mol. The number of phenols is 1. The predicted molar refractivity (Wildman–Crippen MR) is 67.4 cm³/mol. The van der Waals surface area contributed by atoms with E-state index in [0.717, 1.165) is 25.1 Å². The van der Waals surface area contributed by atoms with Crippen molar-refractivity contribution in [2.75, 3.05) is 0 Å². The summed E-state index contributed by atoms with van der Waals surface area (Å²) in [6, 6.07) is 2.31. The Hall–Kier alpha value is -2.83. The minimum atomic E-state index is -1.23. The standard InChI is InChI=1S/C13H12O7/c1-7(14)19-9-5-11(16)10(3-4-13(17)18)12(6-9)20-8(2)15/h3-6,16H,1-2H3,(H,17,18)/b4-3+. The molecule has 0 saturated carbocycles. The quantitative estimate of drug-likeness (QED) is 0.486. The van der Waals surface area contributed by atoms with E-state index in [0.29, 0.717) is 0 Å². The van der Waals surface area contributed by atoms with Crippen LogP contribution in [0.2, 0.25) is 0 Å². The van der Waals surface area contributed by atoms with E-state index in [1.54, 1.807) is 0 Å². The van der Waals surface area contributed by atoms with Crippen LogP contribution in [0.1, 0.15) is 19.4 Å². The molecule has 0 aliphatic carbocycles. The fraction of sp³-hybridized carbons (Fsp3) is 0.154. The highest BCUT2D eigenvalue weighted by Crippen LogP contribution is 2.34. The first-order chi connectivity index (χ1) is 9.29. The highest BCUT2D eigenvalue weighted by molar-refractivity contribution is 5.87. The molecule has 106 valence electrons. The van der Waals surface area contributed by atoms with Gasteiger partial charge >= 0.3 is 17.9 Å². The molecule has 2 N–H and O–H groups in total. The van der Waals surface area contributed by atoms with Gasteiger partial charge in [0.25, 0.3) is 0 Å². The molecule has 0 aliphatic heterocycles. The Labute approximate surface area is 114 Å². The first-order valence-electron chi connectivity index (χ1n) is 5.44. The Bertz CT molecular complexity index is 587. The zero-order chi connectivity index (χ0) is 15.3. The fourth-order valence-electron chi connectivity index (χ4n) is 1.37. The second-order valence-corrected chi connectivity index (χ2v) is 3.71. The van der Waals surface area contributed by atoms with Gasteiger partial charge in [-0.25, -0.2) is 4.79 Å². The third-order valence-electron chi connectivity index (χ3n) is 2.00. The lowest BCUT2D eigenvalue weighted by Gasteiger charge is -2.10. The molecule has 7 heteroatoms. The largest absolute Gasteiger partial charge is 0.507 e. The van der Waals surface area contributed by atoms with Crippen molar-refractivity contribution in [3.8, 4) is 17.2 Å². The number of esters is 2. The van der Waals surface area contributed by atoms with Gasteiger partial charge in [-0.05, 0) is 6.08 Å². The normalized spacial score (nSPS) is 10.3. The lowest BCUT2D eigenvalue weighted by atomic mass is 10.1. The van der Waals surface area contributed by atoms with Crippen molar-refractivity contribution in [1.82, 2.24) is 0 Å². The van der Waals surface area contributed by atoms with Crippen LogP contribution in [-0.4, -0.2) is 28.1 Å². The van der Waals surface area contributed by atoms with Crippen molar-refractivity contribution in [3.05, 3.63) is 23.8 Å². The van der Waals surface area contributed by atoms with Gasteiger partial charge in [-0.3, -0.25) is 9.59 Å². The van der Waals surface area contributed by atoms with Crippen molar-refractivity contribution in [1.29, 1.82) is 0 Å². The summed E-state index contributed by atoms with van der Waals surface area (Å²) < 4.78 is 9.61. The number of benzene rings is 1. The lowest BCUT2D eigenvalue weighted by Crippen LogP contribution is -2.05. The number of carboxylic acid groups (broad SMARTS) is 1. The Morgan fingerprint density at radius 3 is 2.20 bits per heavy atom. The molecule has 0 radical (unpaired) electrons. The number of carbonyl (C=O) groups excluding carboxylic acids is 2. The van der Waals surface area contributed by atoms with Crippen molar-refractivity contribution in [2.24, 2.45) is 0 Å². The van der Waals surface area contributed by atoms with E-state index in [2.05, 4.69) is 0 Å². The summed E-state index contributed by atoms with van der Waals surface area (Å²) in [4.78, 5) is 32.3. The van der Waals surface area contributed by atoms with Gasteiger partial charge in [0, 0.05) is 32.1 Å². The van der Waals surface area contributed by atoms with Crippen LogP contribution < -0.4 is 9.47 Å². The van der Waals surface area contributed by atoms with Crippen molar-refractivity contribution in [2.45, 2.75) is 13.8 Å². The molecule has 0 spiro atoms. The molecule has 0 aromatic heterocycles. The Morgan fingerprint density at radius 1 is 1.10 bits per heavy atom. The van der Waals surface area contributed by atoms with Gasteiger partial charge in [0.2, 0.25) is 0 Å². The molecule has 0 aliphatic rings. The summed E-state index contributed by atoms with van der Waals surface area (Å²) in [6.45, 7) is 2.31. The average molecular weight is 280 g/mol. The van der Waals surface area contributed by atoms with Crippen LogP contribution in [0.4, 0.5) is 0 Å². The van der Waals surface area contributed by atoms with Crippen molar-refractivity contribution in [3.63, 3.8) is 0 Å². The summed E-state index contributed by atoms with van der Waals surface area (Å²) in [5.41, 5.74) is -0.0153. The molecule has 0 heterocycles. The molecule has 1 rings (SSSR count). The molecule has 0 saturated heterocycles. The Kier molecular flexibility index (Phi) is 4.85. The molecule has 1 aromatic carbocycles.